The lowest BCUT2D eigenvalue weighted by molar-refractivity contribution is -0.138. The molecular formula is C23H25N3O2S. The molecule has 29 heavy (non-hydrogen) atoms. The Morgan fingerprint density at radius 2 is 1.90 bits per heavy atom. The quantitative estimate of drug-likeness (QED) is 0.650. The summed E-state index contributed by atoms with van der Waals surface area (Å²) in [5.74, 6) is 0.696. The molecule has 5 rings (SSSR count). The first-order valence-corrected chi connectivity index (χ1v) is 11.4. The second-order valence-corrected chi connectivity index (χ2v) is 9.07. The maximum Gasteiger partial charge on any atom is 0.263 e. The summed E-state index contributed by atoms with van der Waals surface area (Å²) in [6.45, 7) is 0.896. The van der Waals surface area contributed by atoms with Crippen molar-refractivity contribution in [2.75, 3.05) is 6.54 Å². The van der Waals surface area contributed by atoms with Crippen LogP contribution < -0.4 is 5.56 Å². The van der Waals surface area contributed by atoms with Gasteiger partial charge < -0.3 is 4.90 Å². The number of hydrogen-bond donors (Lipinski definition) is 0. The average Bonchev–Trinajstić information content (AvgIpc) is 3.21. The molecule has 150 valence electrons. The number of nitrogens with zero attached hydrogens (tertiary/aromatic N) is 3. The second kappa shape index (κ2) is 7.75. The Labute approximate surface area is 174 Å². The minimum Gasteiger partial charge on any atom is -0.338 e. The zero-order chi connectivity index (χ0) is 19.8. The van der Waals surface area contributed by atoms with E-state index in [1.807, 2.05) is 35.7 Å². The van der Waals surface area contributed by atoms with Crippen LogP contribution in [-0.4, -0.2) is 32.9 Å². The lowest BCUT2D eigenvalue weighted by Crippen LogP contribution is -2.51. The van der Waals surface area contributed by atoms with E-state index in [0.29, 0.717) is 17.3 Å². The third-order valence-electron chi connectivity index (χ3n) is 6.51. The lowest BCUT2D eigenvalue weighted by Gasteiger charge is -2.44. The van der Waals surface area contributed by atoms with Gasteiger partial charge in [0, 0.05) is 23.5 Å². The Balaban J connectivity index is 1.45. The van der Waals surface area contributed by atoms with Gasteiger partial charge in [-0.2, -0.15) is 0 Å². The second-order valence-electron chi connectivity index (χ2n) is 8.21. The standard InChI is InChI=1S/C23H25N3O2S/c27-20(26-12-6-10-17-9-4-5-11-19(17)26)13-25-15-24-22-21(23(25)28)18(14-29-22)16-7-2-1-3-8-16/h1-3,7-8,14-15,17,19H,4-6,9-13H2. The summed E-state index contributed by atoms with van der Waals surface area (Å²) >= 11 is 1.47. The van der Waals surface area contributed by atoms with Crippen molar-refractivity contribution in [1.82, 2.24) is 14.5 Å². The number of carbonyl (C=O) groups is 1. The molecule has 3 aromatic rings. The molecule has 1 aliphatic carbocycles. The highest BCUT2D eigenvalue weighted by molar-refractivity contribution is 7.17. The summed E-state index contributed by atoms with van der Waals surface area (Å²) in [5.41, 5.74) is 1.78. The molecule has 0 spiro atoms. The minimum atomic E-state index is -0.124. The monoisotopic (exact) mass is 407 g/mol. The smallest absolute Gasteiger partial charge is 0.263 e. The van der Waals surface area contributed by atoms with Crippen molar-refractivity contribution >= 4 is 27.5 Å². The molecule has 2 fully saturated rings. The van der Waals surface area contributed by atoms with Gasteiger partial charge in [-0.15, -0.1) is 11.3 Å². The van der Waals surface area contributed by atoms with E-state index in [2.05, 4.69) is 9.88 Å². The highest BCUT2D eigenvalue weighted by Crippen LogP contribution is 2.35. The molecule has 2 aliphatic rings. The summed E-state index contributed by atoms with van der Waals surface area (Å²) in [6.07, 6.45) is 8.66. The van der Waals surface area contributed by atoms with E-state index in [4.69, 9.17) is 0 Å². The molecule has 0 bridgehead atoms. The van der Waals surface area contributed by atoms with Crippen LogP contribution in [0.2, 0.25) is 0 Å². The van der Waals surface area contributed by atoms with Gasteiger partial charge in [-0.25, -0.2) is 4.98 Å². The van der Waals surface area contributed by atoms with Gasteiger partial charge in [0.2, 0.25) is 5.91 Å². The molecule has 1 aromatic carbocycles. The van der Waals surface area contributed by atoms with Crippen molar-refractivity contribution in [2.24, 2.45) is 5.92 Å². The predicted octanol–water partition coefficient (Wildman–Crippen LogP) is 4.31. The average molecular weight is 408 g/mol. The number of aromatic nitrogens is 2. The number of hydrogen-bond acceptors (Lipinski definition) is 4. The number of thiophene rings is 1. The van der Waals surface area contributed by atoms with Gasteiger partial charge in [0.05, 0.1) is 11.7 Å². The number of rotatable bonds is 3. The van der Waals surface area contributed by atoms with E-state index in [9.17, 15) is 9.59 Å². The van der Waals surface area contributed by atoms with Gasteiger partial charge in [0.1, 0.15) is 11.4 Å². The lowest BCUT2D eigenvalue weighted by atomic mass is 9.78. The molecule has 2 aromatic heterocycles. The van der Waals surface area contributed by atoms with Crippen LogP contribution in [0.1, 0.15) is 38.5 Å². The normalized spacial score (nSPS) is 21.9. The number of likely N-dealkylation sites (tertiary alicyclic amines) is 1. The minimum absolute atomic E-state index is 0.0568. The van der Waals surface area contributed by atoms with Gasteiger partial charge >= 0.3 is 0 Å². The van der Waals surface area contributed by atoms with E-state index >= 15 is 0 Å². The van der Waals surface area contributed by atoms with Crippen molar-refractivity contribution in [1.29, 1.82) is 0 Å². The molecule has 6 heteroatoms. The highest BCUT2D eigenvalue weighted by atomic mass is 32.1. The summed E-state index contributed by atoms with van der Waals surface area (Å²) in [4.78, 5) is 33.6. The van der Waals surface area contributed by atoms with Gasteiger partial charge in [-0.3, -0.25) is 14.2 Å². The van der Waals surface area contributed by atoms with Crippen molar-refractivity contribution in [3.8, 4) is 11.1 Å². The van der Waals surface area contributed by atoms with Gasteiger partial charge in [-0.05, 0) is 37.2 Å². The molecule has 2 atom stereocenters. The molecule has 5 nitrogen and oxygen atoms in total. The van der Waals surface area contributed by atoms with Crippen molar-refractivity contribution in [3.63, 3.8) is 0 Å². The fourth-order valence-electron chi connectivity index (χ4n) is 5.08. The highest BCUT2D eigenvalue weighted by Gasteiger charge is 2.35. The van der Waals surface area contributed by atoms with E-state index in [1.54, 1.807) is 0 Å². The zero-order valence-corrected chi connectivity index (χ0v) is 17.2. The third-order valence-corrected chi connectivity index (χ3v) is 7.40. The summed E-state index contributed by atoms with van der Waals surface area (Å²) in [7, 11) is 0. The molecule has 2 unspecified atom stereocenters. The first-order chi connectivity index (χ1) is 14.2. The maximum atomic E-state index is 13.2. The Hall–Kier alpha value is -2.47. The van der Waals surface area contributed by atoms with E-state index in [-0.39, 0.29) is 18.0 Å². The predicted molar refractivity (Wildman–Crippen MR) is 116 cm³/mol. The van der Waals surface area contributed by atoms with Crippen LogP contribution in [0.15, 0.2) is 46.8 Å². The molecule has 1 saturated heterocycles. The number of carbonyl (C=O) groups excluding carboxylic acids is 1. The fraction of sp³-hybridized carbons (Fsp3) is 0.435. The van der Waals surface area contributed by atoms with Crippen LogP contribution in [0.3, 0.4) is 0 Å². The van der Waals surface area contributed by atoms with Crippen molar-refractivity contribution < 1.29 is 4.79 Å². The fourth-order valence-corrected chi connectivity index (χ4v) is 5.99. The zero-order valence-electron chi connectivity index (χ0n) is 16.4. The number of amides is 1. The van der Waals surface area contributed by atoms with Crippen molar-refractivity contribution in [2.45, 2.75) is 51.1 Å². The van der Waals surface area contributed by atoms with Gasteiger partial charge in [0.15, 0.2) is 0 Å². The number of fused-ring (bicyclic) bond motifs is 2. The van der Waals surface area contributed by atoms with Crippen LogP contribution >= 0.6 is 11.3 Å². The van der Waals surface area contributed by atoms with Crippen LogP contribution in [0.25, 0.3) is 21.3 Å². The molecule has 1 amide bonds. The number of piperidine rings is 1. The summed E-state index contributed by atoms with van der Waals surface area (Å²) < 4.78 is 1.50. The first-order valence-electron chi connectivity index (χ1n) is 10.5. The topological polar surface area (TPSA) is 55.2 Å². The Morgan fingerprint density at radius 1 is 1.10 bits per heavy atom. The van der Waals surface area contributed by atoms with Crippen LogP contribution in [0.4, 0.5) is 0 Å². The molecule has 0 radical (unpaired) electrons. The maximum absolute atomic E-state index is 13.2. The Kier molecular flexibility index (Phi) is 4.96. The Morgan fingerprint density at radius 3 is 2.76 bits per heavy atom. The molecular weight excluding hydrogens is 382 g/mol. The molecule has 1 aliphatic heterocycles. The summed E-state index contributed by atoms with van der Waals surface area (Å²) in [6, 6.07) is 10.3. The van der Waals surface area contributed by atoms with E-state index in [1.165, 1.54) is 47.9 Å². The summed E-state index contributed by atoms with van der Waals surface area (Å²) in [5, 5.41) is 2.60. The SMILES string of the molecule is O=C(Cn1cnc2scc(-c3ccccc3)c2c1=O)N1CCCC2CCCCC21. The van der Waals surface area contributed by atoms with E-state index in [0.717, 1.165) is 35.3 Å². The number of benzene rings is 1. The first kappa shape index (κ1) is 18.6. The third kappa shape index (κ3) is 3.39. The molecule has 0 N–H and O–H groups in total. The van der Waals surface area contributed by atoms with E-state index < -0.39 is 0 Å². The Bertz CT molecular complexity index is 1090. The van der Waals surface area contributed by atoms with Crippen LogP contribution in [-0.2, 0) is 11.3 Å². The van der Waals surface area contributed by atoms with Gasteiger partial charge in [-0.1, -0.05) is 43.2 Å². The van der Waals surface area contributed by atoms with Crippen LogP contribution in [0.5, 0.6) is 0 Å². The molecule has 3 heterocycles. The largest absolute Gasteiger partial charge is 0.338 e. The molecule has 1 saturated carbocycles. The van der Waals surface area contributed by atoms with Crippen LogP contribution in [0, 0.1) is 5.92 Å². The van der Waals surface area contributed by atoms with Crippen molar-refractivity contribution in [3.05, 3.63) is 52.4 Å². The van der Waals surface area contributed by atoms with Gasteiger partial charge in [0.25, 0.3) is 5.56 Å².